The summed E-state index contributed by atoms with van der Waals surface area (Å²) >= 11 is 0. The fourth-order valence-corrected chi connectivity index (χ4v) is 2.62. The summed E-state index contributed by atoms with van der Waals surface area (Å²) in [5, 5.41) is 6.15. The van der Waals surface area contributed by atoms with Gasteiger partial charge in [-0.05, 0) is 39.0 Å². The van der Waals surface area contributed by atoms with Crippen LogP contribution in [0.4, 0.5) is 11.4 Å². The van der Waals surface area contributed by atoms with Crippen LogP contribution in [0.3, 0.4) is 0 Å². The second-order valence-electron chi connectivity index (χ2n) is 5.65. The molecule has 1 aromatic rings. The molecule has 1 aliphatic heterocycles. The summed E-state index contributed by atoms with van der Waals surface area (Å²) in [4.78, 5) is 36.2. The Morgan fingerprint density at radius 2 is 1.59 bits per heavy atom. The number of anilines is 2. The molecule has 0 saturated heterocycles. The van der Waals surface area contributed by atoms with Crippen LogP contribution < -0.4 is 10.6 Å². The molecule has 27 heavy (non-hydrogen) atoms. The maximum Gasteiger partial charge on any atom is 0.338 e. The van der Waals surface area contributed by atoms with E-state index in [1.807, 2.05) is 0 Å². The zero-order valence-corrected chi connectivity index (χ0v) is 15.7. The number of esters is 3. The third-order valence-corrected chi connectivity index (χ3v) is 3.81. The second kappa shape index (κ2) is 9.61. The number of fused-ring (bicyclic) bond motifs is 1. The van der Waals surface area contributed by atoms with Crippen molar-refractivity contribution in [2.45, 2.75) is 33.2 Å². The van der Waals surface area contributed by atoms with Crippen molar-refractivity contribution < 1.29 is 28.6 Å². The molecule has 0 spiro atoms. The SMILES string of the molecule is CCOC(=O)C[C@@H]1Nc2ccc(C(=O)OCC)cc2NC=C1C(=O)OCC. The van der Waals surface area contributed by atoms with Crippen LogP contribution in [-0.2, 0) is 23.8 Å². The predicted molar refractivity (Wildman–Crippen MR) is 99.4 cm³/mol. The maximum atomic E-state index is 12.3. The van der Waals surface area contributed by atoms with Gasteiger partial charge in [-0.25, -0.2) is 9.59 Å². The Hall–Kier alpha value is -3.03. The zero-order valence-electron chi connectivity index (χ0n) is 15.7. The average Bonchev–Trinajstić information content (AvgIpc) is 2.80. The van der Waals surface area contributed by atoms with Gasteiger partial charge >= 0.3 is 17.9 Å². The van der Waals surface area contributed by atoms with E-state index in [4.69, 9.17) is 14.2 Å². The lowest BCUT2D eigenvalue weighted by Gasteiger charge is -2.19. The van der Waals surface area contributed by atoms with Crippen molar-refractivity contribution in [1.82, 2.24) is 0 Å². The molecule has 0 unspecified atom stereocenters. The molecule has 146 valence electrons. The van der Waals surface area contributed by atoms with Gasteiger partial charge < -0.3 is 24.8 Å². The largest absolute Gasteiger partial charge is 0.466 e. The fraction of sp³-hybridized carbons (Fsp3) is 0.421. The molecule has 0 aliphatic carbocycles. The molecule has 0 saturated carbocycles. The summed E-state index contributed by atoms with van der Waals surface area (Å²) in [5.41, 5.74) is 1.85. The predicted octanol–water partition coefficient (Wildman–Crippen LogP) is 2.47. The van der Waals surface area contributed by atoms with Gasteiger partial charge in [0.15, 0.2) is 0 Å². The molecular formula is C19H24N2O6. The van der Waals surface area contributed by atoms with Crippen LogP contribution in [0.5, 0.6) is 0 Å². The van der Waals surface area contributed by atoms with Crippen LogP contribution in [0, 0.1) is 0 Å². The Bertz CT molecular complexity index is 744. The van der Waals surface area contributed by atoms with E-state index >= 15 is 0 Å². The van der Waals surface area contributed by atoms with Crippen molar-refractivity contribution in [3.8, 4) is 0 Å². The molecule has 8 heteroatoms. The highest BCUT2D eigenvalue weighted by Crippen LogP contribution is 2.30. The maximum absolute atomic E-state index is 12.3. The number of hydrogen-bond donors (Lipinski definition) is 2. The van der Waals surface area contributed by atoms with Gasteiger partial charge in [-0.1, -0.05) is 0 Å². The van der Waals surface area contributed by atoms with Crippen molar-refractivity contribution in [2.24, 2.45) is 0 Å². The lowest BCUT2D eigenvalue weighted by Crippen LogP contribution is -2.30. The number of rotatable bonds is 7. The number of hydrogen-bond acceptors (Lipinski definition) is 8. The Kier molecular flexibility index (Phi) is 7.22. The topological polar surface area (TPSA) is 103 Å². The number of ether oxygens (including phenoxy) is 3. The van der Waals surface area contributed by atoms with Crippen LogP contribution >= 0.6 is 0 Å². The van der Waals surface area contributed by atoms with Crippen molar-refractivity contribution in [2.75, 3.05) is 30.5 Å². The van der Waals surface area contributed by atoms with E-state index in [0.717, 1.165) is 0 Å². The van der Waals surface area contributed by atoms with Crippen molar-refractivity contribution in [3.63, 3.8) is 0 Å². The van der Waals surface area contributed by atoms with Gasteiger partial charge in [0.25, 0.3) is 0 Å². The number of nitrogens with one attached hydrogen (secondary N) is 2. The van der Waals surface area contributed by atoms with Crippen molar-refractivity contribution in [3.05, 3.63) is 35.5 Å². The smallest absolute Gasteiger partial charge is 0.338 e. The molecule has 0 radical (unpaired) electrons. The molecule has 1 atom stereocenters. The molecule has 0 amide bonds. The highest BCUT2D eigenvalue weighted by atomic mass is 16.5. The monoisotopic (exact) mass is 376 g/mol. The first-order chi connectivity index (χ1) is 13.0. The molecule has 0 fully saturated rings. The van der Waals surface area contributed by atoms with E-state index < -0.39 is 23.9 Å². The second-order valence-corrected chi connectivity index (χ2v) is 5.65. The van der Waals surface area contributed by atoms with E-state index in [2.05, 4.69) is 10.6 Å². The molecule has 2 N–H and O–H groups in total. The minimum Gasteiger partial charge on any atom is -0.466 e. The van der Waals surface area contributed by atoms with Crippen LogP contribution in [0.25, 0.3) is 0 Å². The highest BCUT2D eigenvalue weighted by Gasteiger charge is 2.28. The van der Waals surface area contributed by atoms with Gasteiger partial charge in [-0.15, -0.1) is 0 Å². The number of carbonyl (C=O) groups excluding carboxylic acids is 3. The first-order valence-electron chi connectivity index (χ1n) is 8.87. The minimum atomic E-state index is -0.634. The van der Waals surface area contributed by atoms with Crippen molar-refractivity contribution >= 4 is 29.3 Å². The summed E-state index contributed by atoms with van der Waals surface area (Å²) in [6.45, 7) is 5.89. The highest BCUT2D eigenvalue weighted by molar-refractivity contribution is 5.95. The van der Waals surface area contributed by atoms with E-state index in [1.54, 1.807) is 39.0 Å². The molecule has 1 heterocycles. The summed E-state index contributed by atoms with van der Waals surface area (Å²) in [5.74, 6) is -1.41. The zero-order chi connectivity index (χ0) is 19.8. The molecule has 1 aromatic carbocycles. The van der Waals surface area contributed by atoms with Gasteiger partial charge in [0, 0.05) is 6.20 Å². The first kappa shape index (κ1) is 20.3. The van der Waals surface area contributed by atoms with Crippen molar-refractivity contribution in [1.29, 1.82) is 0 Å². The third kappa shape index (κ3) is 5.22. The molecule has 0 aromatic heterocycles. The van der Waals surface area contributed by atoms with Crippen LogP contribution in [-0.4, -0.2) is 43.8 Å². The summed E-state index contributed by atoms with van der Waals surface area (Å²) < 4.78 is 15.1. The lowest BCUT2D eigenvalue weighted by atomic mass is 10.0. The normalized spacial score (nSPS) is 15.2. The Balaban J connectivity index is 2.32. The minimum absolute atomic E-state index is 0.0424. The number of benzene rings is 1. The Morgan fingerprint density at radius 3 is 2.26 bits per heavy atom. The molecule has 0 bridgehead atoms. The van der Waals surface area contributed by atoms with E-state index in [0.29, 0.717) is 16.9 Å². The van der Waals surface area contributed by atoms with Crippen LogP contribution in [0.2, 0.25) is 0 Å². The molecule has 1 aliphatic rings. The Morgan fingerprint density at radius 1 is 0.926 bits per heavy atom. The van der Waals surface area contributed by atoms with Gasteiger partial charge in [0.2, 0.25) is 0 Å². The summed E-state index contributed by atoms with van der Waals surface area (Å²) in [6.07, 6.45) is 1.44. The van der Waals surface area contributed by atoms with Gasteiger partial charge in [0.1, 0.15) is 0 Å². The third-order valence-electron chi connectivity index (χ3n) is 3.81. The van der Waals surface area contributed by atoms with E-state index in [-0.39, 0.29) is 31.8 Å². The molecular weight excluding hydrogens is 352 g/mol. The van der Waals surface area contributed by atoms with Gasteiger partial charge in [0.05, 0.1) is 54.8 Å². The average molecular weight is 376 g/mol. The lowest BCUT2D eigenvalue weighted by molar-refractivity contribution is -0.143. The fourth-order valence-electron chi connectivity index (χ4n) is 2.62. The number of carbonyl (C=O) groups is 3. The van der Waals surface area contributed by atoms with Gasteiger partial charge in [-0.2, -0.15) is 0 Å². The van der Waals surface area contributed by atoms with E-state index in [9.17, 15) is 14.4 Å². The summed E-state index contributed by atoms with van der Waals surface area (Å²) in [7, 11) is 0. The van der Waals surface area contributed by atoms with Gasteiger partial charge in [-0.3, -0.25) is 4.79 Å². The first-order valence-corrected chi connectivity index (χ1v) is 8.87. The quantitative estimate of drug-likeness (QED) is 0.553. The standard InChI is InChI=1S/C19H24N2O6/c1-4-25-17(22)10-15-13(19(24)27-6-3)11-20-16-9-12(18(23)26-5-2)7-8-14(16)21-15/h7-9,11,15,20-21H,4-6,10H2,1-3H3/t15-/m0/s1. The van der Waals surface area contributed by atoms with Crippen LogP contribution in [0.1, 0.15) is 37.6 Å². The Labute approximate surface area is 157 Å². The summed E-state index contributed by atoms with van der Waals surface area (Å²) in [6, 6.07) is 4.29. The molecule has 8 nitrogen and oxygen atoms in total. The van der Waals surface area contributed by atoms with E-state index in [1.165, 1.54) is 6.20 Å². The molecule has 2 rings (SSSR count). The van der Waals surface area contributed by atoms with Crippen LogP contribution in [0.15, 0.2) is 30.0 Å².